The molecule has 3 aromatic rings. The van der Waals surface area contributed by atoms with Crippen molar-refractivity contribution in [2.24, 2.45) is 5.10 Å². The minimum Gasteiger partial charge on any atom is -0.321 e. The monoisotopic (exact) mass is 369 g/mol. The van der Waals surface area contributed by atoms with Gasteiger partial charge in [0.1, 0.15) is 11.8 Å². The van der Waals surface area contributed by atoms with Gasteiger partial charge < -0.3 is 5.32 Å². The molecule has 0 spiro atoms. The molecule has 0 saturated carbocycles. The number of ketones is 1. The third-order valence-corrected chi connectivity index (χ3v) is 4.72. The summed E-state index contributed by atoms with van der Waals surface area (Å²) < 4.78 is 0. The molecule has 0 radical (unpaired) electrons. The summed E-state index contributed by atoms with van der Waals surface area (Å²) >= 11 is 0. The van der Waals surface area contributed by atoms with E-state index >= 15 is 0 Å². The number of benzene rings is 3. The van der Waals surface area contributed by atoms with E-state index in [4.69, 9.17) is 0 Å². The predicted molar refractivity (Wildman–Crippen MR) is 109 cm³/mol. The van der Waals surface area contributed by atoms with Crippen molar-refractivity contribution in [2.75, 3.05) is 5.32 Å². The predicted octanol–water partition coefficient (Wildman–Crippen LogP) is 3.62. The van der Waals surface area contributed by atoms with Crippen LogP contribution in [0.1, 0.15) is 21.8 Å². The van der Waals surface area contributed by atoms with Gasteiger partial charge in [0, 0.05) is 11.3 Å². The van der Waals surface area contributed by atoms with E-state index in [2.05, 4.69) is 15.8 Å². The lowest BCUT2D eigenvalue weighted by molar-refractivity contribution is -0.110. The van der Waals surface area contributed by atoms with E-state index in [1.165, 1.54) is 0 Å². The van der Waals surface area contributed by atoms with E-state index in [1.54, 1.807) is 12.1 Å². The van der Waals surface area contributed by atoms with Gasteiger partial charge in [0.15, 0.2) is 5.78 Å². The van der Waals surface area contributed by atoms with Gasteiger partial charge in [-0.25, -0.2) is 0 Å². The first-order valence-corrected chi connectivity index (χ1v) is 9.08. The molecule has 0 unspecified atom stereocenters. The van der Waals surface area contributed by atoms with Crippen molar-refractivity contribution in [3.63, 3.8) is 0 Å². The van der Waals surface area contributed by atoms with Crippen molar-refractivity contribution < 1.29 is 9.59 Å². The largest absolute Gasteiger partial charge is 0.321 e. The van der Waals surface area contributed by atoms with Gasteiger partial charge in [-0.3, -0.25) is 15.0 Å². The van der Waals surface area contributed by atoms with Crippen LogP contribution in [0.15, 0.2) is 96.1 Å². The van der Waals surface area contributed by atoms with Crippen LogP contribution < -0.4 is 10.7 Å². The van der Waals surface area contributed by atoms with Crippen LogP contribution in [0.2, 0.25) is 0 Å². The van der Waals surface area contributed by atoms with Crippen LogP contribution in [-0.4, -0.2) is 23.4 Å². The Morgan fingerprint density at radius 2 is 1.36 bits per heavy atom. The zero-order valence-electron chi connectivity index (χ0n) is 15.1. The highest BCUT2D eigenvalue weighted by Crippen LogP contribution is 2.28. The van der Waals surface area contributed by atoms with E-state index < -0.39 is 12.0 Å². The Balaban J connectivity index is 1.65. The van der Waals surface area contributed by atoms with Crippen molar-refractivity contribution in [1.82, 2.24) is 5.43 Å². The molecule has 1 amide bonds. The molecular weight excluding hydrogens is 350 g/mol. The van der Waals surface area contributed by atoms with Crippen molar-refractivity contribution >= 4 is 23.1 Å². The topological polar surface area (TPSA) is 70.6 Å². The van der Waals surface area contributed by atoms with Crippen LogP contribution in [0.4, 0.5) is 5.69 Å². The first-order chi connectivity index (χ1) is 13.7. The third-order valence-electron chi connectivity index (χ3n) is 4.72. The van der Waals surface area contributed by atoms with Gasteiger partial charge in [0.05, 0.1) is 5.92 Å². The van der Waals surface area contributed by atoms with Crippen LogP contribution in [-0.2, 0) is 4.79 Å². The molecule has 0 bridgehead atoms. The molecule has 2 N–H and O–H groups in total. The molecule has 0 fully saturated rings. The Labute approximate surface area is 163 Å². The molecule has 2 atom stereocenters. The fourth-order valence-corrected chi connectivity index (χ4v) is 3.35. The second kappa shape index (κ2) is 7.88. The molecule has 0 aliphatic carbocycles. The number of nitrogens with one attached hydrogen (secondary N) is 2. The summed E-state index contributed by atoms with van der Waals surface area (Å²) in [5.41, 5.74) is 5.32. The van der Waals surface area contributed by atoms with Gasteiger partial charge in [0.25, 0.3) is 5.91 Å². The first kappa shape index (κ1) is 17.7. The van der Waals surface area contributed by atoms with E-state index in [0.717, 1.165) is 5.56 Å². The maximum atomic E-state index is 13.1. The van der Waals surface area contributed by atoms with E-state index in [0.29, 0.717) is 17.0 Å². The van der Waals surface area contributed by atoms with Gasteiger partial charge in [-0.2, -0.15) is 5.10 Å². The number of carbonyl (C=O) groups is 2. The molecule has 1 aliphatic heterocycles. The highest BCUT2D eigenvalue weighted by Gasteiger charge is 2.41. The second-order valence-electron chi connectivity index (χ2n) is 6.54. The molecular formula is C23H19N3O2. The van der Waals surface area contributed by atoms with E-state index in [-0.39, 0.29) is 11.7 Å². The molecule has 28 heavy (non-hydrogen) atoms. The lowest BCUT2D eigenvalue weighted by Gasteiger charge is -2.20. The molecule has 1 heterocycles. The average Bonchev–Trinajstić information content (AvgIpc) is 3.20. The van der Waals surface area contributed by atoms with Crippen LogP contribution in [0, 0.1) is 0 Å². The van der Waals surface area contributed by atoms with Gasteiger partial charge in [-0.05, 0) is 17.7 Å². The van der Waals surface area contributed by atoms with Crippen molar-refractivity contribution in [3.05, 3.63) is 102 Å². The zero-order chi connectivity index (χ0) is 19.3. The van der Waals surface area contributed by atoms with E-state index in [1.807, 2.05) is 78.9 Å². The van der Waals surface area contributed by atoms with Gasteiger partial charge in [-0.15, -0.1) is 0 Å². The summed E-state index contributed by atoms with van der Waals surface area (Å²) in [5, 5.41) is 7.11. The van der Waals surface area contributed by atoms with Crippen LogP contribution in [0.5, 0.6) is 0 Å². The molecule has 5 heteroatoms. The van der Waals surface area contributed by atoms with Crippen molar-refractivity contribution in [3.8, 4) is 0 Å². The standard InChI is InChI=1S/C23H19N3O2/c27-22(17-12-6-2-7-13-17)20-19(16-10-4-1-5-11-16)21(26-25-20)23(28)24-18-14-8-3-9-15-18/h1-15,19-20,25H,(H,24,28)/t19-,20+/m1/s1. The van der Waals surface area contributed by atoms with Crippen molar-refractivity contribution in [1.29, 1.82) is 0 Å². The quantitative estimate of drug-likeness (QED) is 0.675. The third kappa shape index (κ3) is 3.55. The number of hydrogen-bond donors (Lipinski definition) is 2. The number of hydrogen-bond acceptors (Lipinski definition) is 4. The second-order valence-corrected chi connectivity index (χ2v) is 6.54. The minimum absolute atomic E-state index is 0.0966. The Morgan fingerprint density at radius 1 is 0.786 bits per heavy atom. The smallest absolute Gasteiger partial charge is 0.272 e. The minimum atomic E-state index is -0.638. The number of Topliss-reactive ketones (excluding diaryl/α,β-unsaturated/α-hetero) is 1. The molecule has 4 rings (SSSR count). The maximum Gasteiger partial charge on any atom is 0.272 e. The zero-order valence-corrected chi connectivity index (χ0v) is 15.1. The fourth-order valence-electron chi connectivity index (χ4n) is 3.35. The number of nitrogens with zero attached hydrogens (tertiary/aromatic N) is 1. The van der Waals surface area contributed by atoms with Crippen LogP contribution >= 0.6 is 0 Å². The Bertz CT molecular complexity index is 1000. The maximum absolute atomic E-state index is 13.1. The Morgan fingerprint density at radius 3 is 2.00 bits per heavy atom. The lowest BCUT2D eigenvalue weighted by atomic mass is 9.84. The molecule has 0 saturated heterocycles. The summed E-state index contributed by atoms with van der Waals surface area (Å²) in [6, 6.07) is 27.1. The number of rotatable bonds is 5. The summed E-state index contributed by atoms with van der Waals surface area (Å²) in [6.45, 7) is 0. The SMILES string of the molecule is O=C(Nc1ccccc1)C1=NN[C@H](C(=O)c2ccccc2)[C@H]1c1ccccc1. The Hall–Kier alpha value is -3.73. The molecule has 138 valence electrons. The highest BCUT2D eigenvalue weighted by molar-refractivity contribution is 6.46. The Kier molecular flexibility index (Phi) is 4.97. The van der Waals surface area contributed by atoms with Crippen LogP contribution in [0.25, 0.3) is 0 Å². The average molecular weight is 369 g/mol. The molecule has 3 aromatic carbocycles. The summed E-state index contributed by atoms with van der Waals surface area (Å²) in [5.74, 6) is -0.894. The van der Waals surface area contributed by atoms with Gasteiger partial charge in [-0.1, -0.05) is 78.9 Å². The highest BCUT2D eigenvalue weighted by atomic mass is 16.2. The number of hydrazone groups is 1. The lowest BCUT2D eigenvalue weighted by Crippen LogP contribution is -2.38. The first-order valence-electron chi connectivity index (χ1n) is 9.08. The molecule has 5 nitrogen and oxygen atoms in total. The molecule has 0 aromatic heterocycles. The summed E-state index contributed by atoms with van der Waals surface area (Å²) in [6.07, 6.45) is 0. The fraction of sp³-hybridized carbons (Fsp3) is 0.0870. The molecule has 1 aliphatic rings. The van der Waals surface area contributed by atoms with Crippen molar-refractivity contribution in [2.45, 2.75) is 12.0 Å². The van der Waals surface area contributed by atoms with E-state index in [9.17, 15) is 9.59 Å². The summed E-state index contributed by atoms with van der Waals surface area (Å²) in [4.78, 5) is 26.0. The van der Waals surface area contributed by atoms with Gasteiger partial charge in [0.2, 0.25) is 0 Å². The number of amides is 1. The normalized spacial score (nSPS) is 18.1. The van der Waals surface area contributed by atoms with Gasteiger partial charge >= 0.3 is 0 Å². The number of para-hydroxylation sites is 1. The number of anilines is 1. The van der Waals surface area contributed by atoms with Crippen LogP contribution in [0.3, 0.4) is 0 Å². The summed E-state index contributed by atoms with van der Waals surface area (Å²) in [7, 11) is 0. The number of carbonyl (C=O) groups excluding carboxylic acids is 2.